The minimum Gasteiger partial charge on any atom is -0.475 e. The first-order valence-corrected chi connectivity index (χ1v) is 16.0. The third-order valence-corrected chi connectivity index (χ3v) is 10.7. The van der Waals surface area contributed by atoms with Gasteiger partial charge in [-0.05, 0) is 62.4 Å². The number of nitrogens with zero attached hydrogens (tertiary/aromatic N) is 1. The lowest BCUT2D eigenvalue weighted by molar-refractivity contribution is 0.236. The van der Waals surface area contributed by atoms with Crippen molar-refractivity contribution in [2.75, 3.05) is 6.61 Å². The Morgan fingerprint density at radius 2 is 1.12 bits per heavy atom. The molecule has 6 aromatic carbocycles. The van der Waals surface area contributed by atoms with E-state index in [-0.39, 0.29) is 11.5 Å². The molecular formula is C39H34NOP. The van der Waals surface area contributed by atoms with Crippen molar-refractivity contribution >= 4 is 51.3 Å². The maximum Gasteiger partial charge on any atom is 0.217 e. The number of fused-ring (bicyclic) bond motifs is 2. The Morgan fingerprint density at radius 3 is 1.69 bits per heavy atom. The van der Waals surface area contributed by atoms with Gasteiger partial charge in [0.15, 0.2) is 0 Å². The first-order valence-electron chi connectivity index (χ1n) is 14.6. The van der Waals surface area contributed by atoms with Crippen LogP contribution in [0.3, 0.4) is 0 Å². The molecule has 1 atom stereocenters. The fourth-order valence-electron chi connectivity index (χ4n) is 5.97. The summed E-state index contributed by atoms with van der Waals surface area (Å²) in [4.78, 5) is 5.19. The summed E-state index contributed by atoms with van der Waals surface area (Å²) in [6.07, 6.45) is 0. The minimum absolute atomic E-state index is 0.0261. The predicted octanol–water partition coefficient (Wildman–Crippen LogP) is 8.61. The van der Waals surface area contributed by atoms with E-state index in [1.165, 1.54) is 48.6 Å². The Kier molecular flexibility index (Phi) is 6.88. The molecule has 0 saturated heterocycles. The van der Waals surface area contributed by atoms with E-state index in [0.29, 0.717) is 6.61 Å². The molecule has 0 N–H and O–H groups in total. The normalized spacial score (nSPS) is 15.2. The van der Waals surface area contributed by atoms with Crippen molar-refractivity contribution in [1.82, 2.24) is 0 Å². The van der Waals surface area contributed by atoms with Crippen LogP contribution in [0.1, 0.15) is 26.3 Å². The molecule has 0 radical (unpaired) electrons. The van der Waals surface area contributed by atoms with Gasteiger partial charge in [0.1, 0.15) is 6.61 Å². The van der Waals surface area contributed by atoms with Crippen molar-refractivity contribution in [3.8, 4) is 11.1 Å². The molecular weight excluding hydrogens is 529 g/mol. The highest BCUT2D eigenvalue weighted by atomic mass is 31.1. The van der Waals surface area contributed by atoms with E-state index in [4.69, 9.17) is 9.73 Å². The lowest BCUT2D eigenvalue weighted by atomic mass is 9.88. The predicted molar refractivity (Wildman–Crippen MR) is 181 cm³/mol. The second kappa shape index (κ2) is 10.9. The Hall–Kier alpha value is -4.26. The molecule has 0 saturated carbocycles. The Labute approximate surface area is 249 Å². The molecule has 0 fully saturated rings. The van der Waals surface area contributed by atoms with Gasteiger partial charge >= 0.3 is 0 Å². The molecule has 6 aromatic rings. The first-order chi connectivity index (χ1) is 20.5. The zero-order valence-corrected chi connectivity index (χ0v) is 25.2. The number of ether oxygens (including phenoxy) is 1. The minimum atomic E-state index is -0.852. The molecule has 1 heterocycles. The van der Waals surface area contributed by atoms with Crippen molar-refractivity contribution in [3.05, 3.63) is 139 Å². The summed E-state index contributed by atoms with van der Waals surface area (Å²) in [5, 5.41) is 8.91. The molecule has 206 valence electrons. The van der Waals surface area contributed by atoms with Crippen molar-refractivity contribution in [2.45, 2.75) is 26.8 Å². The molecule has 0 spiro atoms. The lowest BCUT2D eigenvalue weighted by Gasteiger charge is -2.25. The molecule has 7 rings (SSSR count). The highest BCUT2D eigenvalue weighted by molar-refractivity contribution is 7.80. The van der Waals surface area contributed by atoms with Gasteiger partial charge in [0.25, 0.3) is 0 Å². The van der Waals surface area contributed by atoms with E-state index in [1.807, 2.05) is 0 Å². The van der Waals surface area contributed by atoms with Gasteiger partial charge in [-0.1, -0.05) is 148 Å². The van der Waals surface area contributed by atoms with Crippen LogP contribution < -0.4 is 15.9 Å². The maximum absolute atomic E-state index is 6.43. The molecule has 0 aliphatic carbocycles. The SMILES string of the molecule is CC(C)(C)C1COC(c2ccc3ccccc3c2-c2c(P(c3ccccc3)c3ccccc3)ccc3ccccc23)=N1. The van der Waals surface area contributed by atoms with Crippen LogP contribution in [-0.4, -0.2) is 18.5 Å². The summed E-state index contributed by atoms with van der Waals surface area (Å²) in [7, 11) is -0.852. The number of hydrogen-bond donors (Lipinski definition) is 0. The highest BCUT2D eigenvalue weighted by Crippen LogP contribution is 2.44. The molecule has 1 aliphatic heterocycles. The van der Waals surface area contributed by atoms with Gasteiger partial charge < -0.3 is 4.74 Å². The van der Waals surface area contributed by atoms with Gasteiger partial charge in [0.05, 0.1) is 6.04 Å². The molecule has 2 nitrogen and oxygen atoms in total. The second-order valence-corrected chi connectivity index (χ2v) is 14.2. The average molecular weight is 564 g/mol. The van der Waals surface area contributed by atoms with E-state index in [2.05, 4.69) is 154 Å². The largest absolute Gasteiger partial charge is 0.475 e. The number of hydrogen-bond acceptors (Lipinski definition) is 2. The van der Waals surface area contributed by atoms with Crippen LogP contribution in [0.15, 0.2) is 138 Å². The van der Waals surface area contributed by atoms with Crippen LogP contribution in [-0.2, 0) is 4.74 Å². The molecule has 1 aliphatic rings. The second-order valence-electron chi connectivity index (χ2n) is 12.0. The summed E-state index contributed by atoms with van der Waals surface area (Å²) in [5.41, 5.74) is 3.56. The summed E-state index contributed by atoms with van der Waals surface area (Å²) < 4.78 is 6.43. The third kappa shape index (κ3) is 4.81. The molecule has 42 heavy (non-hydrogen) atoms. The summed E-state index contributed by atoms with van der Waals surface area (Å²) in [6, 6.07) is 48.7. The van der Waals surface area contributed by atoms with Crippen LogP contribution in [0.5, 0.6) is 0 Å². The standard InChI is InChI=1S/C39H34NOP/c1-39(2,3)35-26-41-38(40-35)33-24-22-27-14-10-12-20-31(27)36(33)37-32-21-13-11-15-28(32)23-25-34(37)42(29-16-6-4-7-17-29)30-18-8-5-9-19-30/h4-25,35H,26H2,1-3H3. The molecule has 1 unspecified atom stereocenters. The van der Waals surface area contributed by atoms with E-state index in [1.54, 1.807) is 0 Å². The van der Waals surface area contributed by atoms with Gasteiger partial charge in [-0.3, -0.25) is 0 Å². The first kappa shape index (κ1) is 26.6. The zero-order chi connectivity index (χ0) is 28.7. The fraction of sp³-hybridized carbons (Fsp3) is 0.154. The lowest BCUT2D eigenvalue weighted by Crippen LogP contribution is -2.25. The summed E-state index contributed by atoms with van der Waals surface area (Å²) in [6.45, 7) is 7.33. The number of aliphatic imine (C=N–C) groups is 1. The Balaban J connectivity index is 1.60. The summed E-state index contributed by atoms with van der Waals surface area (Å²) >= 11 is 0. The fourth-order valence-corrected chi connectivity index (χ4v) is 8.45. The number of rotatable bonds is 5. The summed E-state index contributed by atoms with van der Waals surface area (Å²) in [5.74, 6) is 0.748. The van der Waals surface area contributed by atoms with E-state index >= 15 is 0 Å². The van der Waals surface area contributed by atoms with Gasteiger partial charge in [0.2, 0.25) is 5.90 Å². The van der Waals surface area contributed by atoms with Crippen molar-refractivity contribution in [1.29, 1.82) is 0 Å². The van der Waals surface area contributed by atoms with Gasteiger partial charge in [-0.15, -0.1) is 0 Å². The third-order valence-electron chi connectivity index (χ3n) is 8.24. The molecule has 3 heteroatoms. The van der Waals surface area contributed by atoms with Crippen LogP contribution in [0.4, 0.5) is 0 Å². The van der Waals surface area contributed by atoms with Crippen LogP contribution in [0, 0.1) is 5.41 Å². The molecule has 0 bridgehead atoms. The van der Waals surface area contributed by atoms with Crippen molar-refractivity contribution in [2.24, 2.45) is 10.4 Å². The monoisotopic (exact) mass is 563 g/mol. The quantitative estimate of drug-likeness (QED) is 0.193. The smallest absolute Gasteiger partial charge is 0.217 e. The molecule has 0 aromatic heterocycles. The zero-order valence-electron chi connectivity index (χ0n) is 24.3. The van der Waals surface area contributed by atoms with Crippen molar-refractivity contribution in [3.63, 3.8) is 0 Å². The van der Waals surface area contributed by atoms with Gasteiger partial charge in [-0.2, -0.15) is 0 Å². The van der Waals surface area contributed by atoms with Crippen molar-refractivity contribution < 1.29 is 4.74 Å². The van der Waals surface area contributed by atoms with Gasteiger partial charge in [0, 0.05) is 11.1 Å². The molecule has 0 amide bonds. The van der Waals surface area contributed by atoms with Crippen LogP contribution in [0.2, 0.25) is 0 Å². The Morgan fingerprint density at radius 1 is 0.595 bits per heavy atom. The topological polar surface area (TPSA) is 21.6 Å². The van der Waals surface area contributed by atoms with Crippen LogP contribution in [0.25, 0.3) is 32.7 Å². The average Bonchev–Trinajstić information content (AvgIpc) is 3.53. The Bertz CT molecular complexity index is 1880. The van der Waals surface area contributed by atoms with E-state index in [9.17, 15) is 0 Å². The van der Waals surface area contributed by atoms with Gasteiger partial charge in [-0.25, -0.2) is 4.99 Å². The van der Waals surface area contributed by atoms with E-state index in [0.717, 1.165) is 11.5 Å². The maximum atomic E-state index is 6.43. The number of benzene rings is 6. The van der Waals surface area contributed by atoms with Crippen LogP contribution >= 0.6 is 7.92 Å². The van der Waals surface area contributed by atoms with E-state index < -0.39 is 7.92 Å². The highest BCUT2D eigenvalue weighted by Gasteiger charge is 2.33.